The topological polar surface area (TPSA) is 81.7 Å². The standard InChI is InChI=1S/C14H25N3O3/c1-9(13(18)19)10(2)15-14(20)16-11-5-7-17-6-3-4-12(17)8-11/h9-12H,3-8H2,1-2H3,(H,18,19)(H2,15,16,20). The molecule has 0 saturated carbocycles. The lowest BCUT2D eigenvalue weighted by atomic mass is 9.98. The van der Waals surface area contributed by atoms with Gasteiger partial charge in [0, 0.05) is 24.7 Å². The quantitative estimate of drug-likeness (QED) is 0.719. The molecule has 0 aromatic heterocycles. The van der Waals surface area contributed by atoms with E-state index in [1.54, 1.807) is 13.8 Å². The third-order valence-corrected chi connectivity index (χ3v) is 4.65. The van der Waals surface area contributed by atoms with Crippen LogP contribution in [0.25, 0.3) is 0 Å². The minimum absolute atomic E-state index is 0.210. The Balaban J connectivity index is 1.75. The van der Waals surface area contributed by atoms with E-state index in [0.717, 1.165) is 19.4 Å². The first-order valence-corrected chi connectivity index (χ1v) is 7.51. The SMILES string of the molecule is CC(NC(=O)NC1CCN2CCCC2C1)C(C)C(=O)O. The number of nitrogens with one attached hydrogen (secondary N) is 2. The molecule has 2 aliphatic rings. The Bertz CT molecular complexity index is 375. The average Bonchev–Trinajstić information content (AvgIpc) is 2.84. The second-order valence-corrected chi connectivity index (χ2v) is 6.09. The lowest BCUT2D eigenvalue weighted by molar-refractivity contribution is -0.141. The Kier molecular flexibility index (Phi) is 4.86. The van der Waals surface area contributed by atoms with Crippen molar-refractivity contribution in [1.82, 2.24) is 15.5 Å². The lowest BCUT2D eigenvalue weighted by Gasteiger charge is -2.35. The van der Waals surface area contributed by atoms with Crippen molar-refractivity contribution < 1.29 is 14.7 Å². The first kappa shape index (κ1) is 15.1. The van der Waals surface area contributed by atoms with Crippen LogP contribution in [0.5, 0.6) is 0 Å². The molecule has 114 valence electrons. The lowest BCUT2D eigenvalue weighted by Crippen LogP contribution is -2.52. The molecular formula is C14H25N3O3. The van der Waals surface area contributed by atoms with Crippen LogP contribution in [0.3, 0.4) is 0 Å². The minimum Gasteiger partial charge on any atom is -0.481 e. The molecule has 2 heterocycles. The zero-order valence-corrected chi connectivity index (χ0v) is 12.3. The van der Waals surface area contributed by atoms with Crippen molar-refractivity contribution in [2.75, 3.05) is 13.1 Å². The molecule has 0 aromatic rings. The van der Waals surface area contributed by atoms with Crippen LogP contribution in [0.4, 0.5) is 4.79 Å². The Hall–Kier alpha value is -1.30. The molecule has 2 aliphatic heterocycles. The second kappa shape index (κ2) is 6.43. The largest absolute Gasteiger partial charge is 0.481 e. The Morgan fingerprint density at radius 2 is 2.00 bits per heavy atom. The van der Waals surface area contributed by atoms with Crippen molar-refractivity contribution in [3.05, 3.63) is 0 Å². The molecule has 2 saturated heterocycles. The number of amides is 2. The van der Waals surface area contributed by atoms with Crippen LogP contribution < -0.4 is 10.6 Å². The number of carbonyl (C=O) groups excluding carboxylic acids is 1. The number of urea groups is 1. The summed E-state index contributed by atoms with van der Waals surface area (Å²) in [7, 11) is 0. The van der Waals surface area contributed by atoms with Gasteiger partial charge in [0.1, 0.15) is 0 Å². The van der Waals surface area contributed by atoms with E-state index in [2.05, 4.69) is 15.5 Å². The molecule has 6 heteroatoms. The van der Waals surface area contributed by atoms with Gasteiger partial charge in [-0.05, 0) is 46.1 Å². The van der Waals surface area contributed by atoms with Gasteiger partial charge in [-0.3, -0.25) is 4.79 Å². The van der Waals surface area contributed by atoms with Crippen LogP contribution in [-0.2, 0) is 4.79 Å². The van der Waals surface area contributed by atoms with Gasteiger partial charge < -0.3 is 20.6 Å². The van der Waals surface area contributed by atoms with E-state index >= 15 is 0 Å². The number of hydrogen-bond acceptors (Lipinski definition) is 3. The number of nitrogens with zero attached hydrogens (tertiary/aromatic N) is 1. The van der Waals surface area contributed by atoms with Crippen LogP contribution in [0, 0.1) is 5.92 Å². The normalized spacial score (nSPS) is 29.3. The molecular weight excluding hydrogens is 258 g/mol. The van der Waals surface area contributed by atoms with Gasteiger partial charge >= 0.3 is 12.0 Å². The molecule has 0 radical (unpaired) electrons. The smallest absolute Gasteiger partial charge is 0.315 e. The van der Waals surface area contributed by atoms with Crippen molar-refractivity contribution >= 4 is 12.0 Å². The highest BCUT2D eigenvalue weighted by molar-refractivity contribution is 5.76. The van der Waals surface area contributed by atoms with Crippen molar-refractivity contribution in [3.63, 3.8) is 0 Å². The van der Waals surface area contributed by atoms with Gasteiger partial charge in [-0.25, -0.2) is 4.79 Å². The highest BCUT2D eigenvalue weighted by atomic mass is 16.4. The van der Waals surface area contributed by atoms with Gasteiger partial charge in [0.2, 0.25) is 0 Å². The summed E-state index contributed by atoms with van der Waals surface area (Å²) in [6.45, 7) is 5.57. The van der Waals surface area contributed by atoms with Gasteiger partial charge in [0.15, 0.2) is 0 Å². The summed E-state index contributed by atoms with van der Waals surface area (Å²) in [5.74, 6) is -1.48. The maximum absolute atomic E-state index is 11.9. The van der Waals surface area contributed by atoms with E-state index in [1.807, 2.05) is 0 Å². The highest BCUT2D eigenvalue weighted by Crippen LogP contribution is 2.26. The van der Waals surface area contributed by atoms with Crippen LogP contribution in [-0.4, -0.2) is 53.2 Å². The second-order valence-electron chi connectivity index (χ2n) is 6.09. The summed E-state index contributed by atoms with van der Waals surface area (Å²) in [6, 6.07) is 0.201. The number of rotatable bonds is 4. The van der Waals surface area contributed by atoms with Gasteiger partial charge in [-0.2, -0.15) is 0 Å². The first-order valence-electron chi connectivity index (χ1n) is 7.51. The number of hydrogen-bond donors (Lipinski definition) is 3. The van der Waals surface area contributed by atoms with Crippen LogP contribution in [0.2, 0.25) is 0 Å². The monoisotopic (exact) mass is 283 g/mol. The molecule has 3 N–H and O–H groups in total. The number of aliphatic carboxylic acids is 1. The molecule has 20 heavy (non-hydrogen) atoms. The van der Waals surface area contributed by atoms with Crippen LogP contribution in [0.1, 0.15) is 39.5 Å². The predicted octanol–water partition coefficient (Wildman–Crippen LogP) is 1.02. The van der Waals surface area contributed by atoms with E-state index < -0.39 is 11.9 Å². The highest BCUT2D eigenvalue weighted by Gasteiger charge is 2.32. The van der Waals surface area contributed by atoms with Crippen LogP contribution >= 0.6 is 0 Å². The van der Waals surface area contributed by atoms with Crippen molar-refractivity contribution in [2.45, 2.75) is 57.7 Å². The van der Waals surface area contributed by atoms with Crippen molar-refractivity contribution in [2.24, 2.45) is 5.92 Å². The van der Waals surface area contributed by atoms with E-state index in [9.17, 15) is 9.59 Å². The maximum atomic E-state index is 11.9. The molecule has 0 aromatic carbocycles. The summed E-state index contributed by atoms with van der Waals surface area (Å²) in [6.07, 6.45) is 4.48. The molecule has 2 rings (SSSR count). The fraction of sp³-hybridized carbons (Fsp3) is 0.857. The number of piperidine rings is 1. The third-order valence-electron chi connectivity index (χ3n) is 4.65. The van der Waals surface area contributed by atoms with Gasteiger partial charge in [0.05, 0.1) is 5.92 Å². The fourth-order valence-electron chi connectivity index (χ4n) is 3.13. The number of carboxylic acids is 1. The molecule has 4 unspecified atom stereocenters. The minimum atomic E-state index is -0.892. The molecule has 2 fully saturated rings. The molecule has 4 atom stereocenters. The van der Waals surface area contributed by atoms with Gasteiger partial charge in [-0.15, -0.1) is 0 Å². The fourth-order valence-corrected chi connectivity index (χ4v) is 3.13. The third kappa shape index (κ3) is 3.62. The van der Waals surface area contributed by atoms with Gasteiger partial charge in [0.25, 0.3) is 0 Å². The van der Waals surface area contributed by atoms with Crippen molar-refractivity contribution in [3.8, 4) is 0 Å². The summed E-state index contributed by atoms with van der Waals surface area (Å²) in [5, 5.41) is 14.6. The predicted molar refractivity (Wildman–Crippen MR) is 75.5 cm³/mol. The molecule has 0 bridgehead atoms. The average molecular weight is 283 g/mol. The first-order chi connectivity index (χ1) is 9.47. The number of carboxylic acid groups (broad SMARTS) is 1. The van der Waals surface area contributed by atoms with Gasteiger partial charge in [-0.1, -0.05) is 0 Å². The Labute approximate surface area is 119 Å². The Morgan fingerprint density at radius 3 is 2.70 bits per heavy atom. The summed E-state index contributed by atoms with van der Waals surface area (Å²) < 4.78 is 0. The zero-order valence-electron chi connectivity index (χ0n) is 12.3. The Morgan fingerprint density at radius 1 is 1.25 bits per heavy atom. The zero-order chi connectivity index (χ0) is 14.7. The molecule has 6 nitrogen and oxygen atoms in total. The molecule has 0 spiro atoms. The van der Waals surface area contributed by atoms with E-state index in [0.29, 0.717) is 6.04 Å². The van der Waals surface area contributed by atoms with Crippen LogP contribution in [0.15, 0.2) is 0 Å². The maximum Gasteiger partial charge on any atom is 0.315 e. The van der Waals surface area contributed by atoms with E-state index in [-0.39, 0.29) is 18.1 Å². The summed E-state index contributed by atoms with van der Waals surface area (Å²) in [4.78, 5) is 25.3. The summed E-state index contributed by atoms with van der Waals surface area (Å²) >= 11 is 0. The molecule has 0 aliphatic carbocycles. The summed E-state index contributed by atoms with van der Waals surface area (Å²) in [5.41, 5.74) is 0. The number of carbonyl (C=O) groups is 2. The van der Waals surface area contributed by atoms with E-state index in [4.69, 9.17) is 5.11 Å². The molecule has 2 amide bonds. The van der Waals surface area contributed by atoms with E-state index in [1.165, 1.54) is 19.4 Å². The van der Waals surface area contributed by atoms with Crippen molar-refractivity contribution in [1.29, 1.82) is 0 Å². The number of fused-ring (bicyclic) bond motifs is 1.